The van der Waals surface area contributed by atoms with Gasteiger partial charge in [0, 0.05) is 24.9 Å². The van der Waals surface area contributed by atoms with Gasteiger partial charge >= 0.3 is 5.97 Å². The number of hydrogen-bond acceptors (Lipinski definition) is 3. The van der Waals surface area contributed by atoms with Crippen molar-refractivity contribution in [3.8, 4) is 5.75 Å². The number of fused-ring (bicyclic) bond motifs is 1. The molecule has 0 spiro atoms. The number of carbonyl (C=O) groups excluding carboxylic acids is 1. The van der Waals surface area contributed by atoms with Crippen LogP contribution in [-0.4, -0.2) is 40.6 Å². The van der Waals surface area contributed by atoms with Crippen LogP contribution in [0.25, 0.3) is 0 Å². The third-order valence-electron chi connectivity index (χ3n) is 5.92. The quantitative estimate of drug-likeness (QED) is 0.481. The molecule has 1 aliphatic rings. The second-order valence-electron chi connectivity index (χ2n) is 8.83. The average Bonchev–Trinajstić information content (AvgIpc) is 3.14. The van der Waals surface area contributed by atoms with Crippen molar-refractivity contribution in [1.82, 2.24) is 4.90 Å². The van der Waals surface area contributed by atoms with Gasteiger partial charge in [0.25, 0.3) is 5.91 Å². The Kier molecular flexibility index (Phi) is 6.89. The lowest BCUT2D eigenvalue weighted by molar-refractivity contribution is -0.137. The minimum atomic E-state index is -1.06. The summed E-state index contributed by atoms with van der Waals surface area (Å²) in [7, 11) is 0. The van der Waals surface area contributed by atoms with Gasteiger partial charge in [0.2, 0.25) is 0 Å². The smallest absolute Gasteiger partial charge is 0.323 e. The molecule has 0 bridgehead atoms. The largest absolute Gasteiger partial charge is 0.487 e. The summed E-state index contributed by atoms with van der Waals surface area (Å²) in [6.45, 7) is 1.86. The summed E-state index contributed by atoms with van der Waals surface area (Å²) in [6, 6.07) is 19.5. The standard InChI is InChI=1S/C27H25ClFNO4/c1-27(15-19-7-9-22(28)23(29)13-19)16-21-14-20(8-10-24(21)34-27)26(33)30(17-25(31)32)12-11-18-5-3-2-4-6-18/h2-10,13-14H,11-12,15-17H2,1H3,(H,31,32). The van der Waals surface area contributed by atoms with E-state index < -0.39 is 17.4 Å². The van der Waals surface area contributed by atoms with Crippen LogP contribution in [0.2, 0.25) is 5.02 Å². The Balaban J connectivity index is 1.49. The Hall–Kier alpha value is -3.38. The fourth-order valence-electron chi connectivity index (χ4n) is 4.34. The van der Waals surface area contributed by atoms with E-state index in [0.29, 0.717) is 37.1 Å². The van der Waals surface area contributed by atoms with E-state index in [1.807, 2.05) is 37.3 Å². The molecule has 1 heterocycles. The van der Waals surface area contributed by atoms with Crippen LogP contribution >= 0.6 is 11.6 Å². The van der Waals surface area contributed by atoms with Crippen LogP contribution in [-0.2, 0) is 24.1 Å². The van der Waals surface area contributed by atoms with Gasteiger partial charge < -0.3 is 14.7 Å². The molecule has 1 unspecified atom stereocenters. The summed E-state index contributed by atoms with van der Waals surface area (Å²) in [5.41, 5.74) is 2.47. The topological polar surface area (TPSA) is 66.8 Å². The normalized spacial score (nSPS) is 16.6. The number of carboxylic acids is 1. The Labute approximate surface area is 202 Å². The first kappa shape index (κ1) is 23.8. The number of rotatable bonds is 8. The number of benzene rings is 3. The van der Waals surface area contributed by atoms with Gasteiger partial charge in [-0.05, 0) is 60.4 Å². The molecule has 0 saturated heterocycles. The zero-order chi connectivity index (χ0) is 24.3. The maximum atomic E-state index is 13.9. The highest BCUT2D eigenvalue weighted by Crippen LogP contribution is 2.38. The Morgan fingerprint density at radius 2 is 1.85 bits per heavy atom. The highest BCUT2D eigenvalue weighted by atomic mass is 35.5. The number of amides is 1. The molecule has 1 N–H and O–H groups in total. The van der Waals surface area contributed by atoms with Crippen molar-refractivity contribution in [2.24, 2.45) is 0 Å². The van der Waals surface area contributed by atoms with Crippen molar-refractivity contribution in [3.63, 3.8) is 0 Å². The van der Waals surface area contributed by atoms with E-state index in [2.05, 4.69) is 0 Å². The van der Waals surface area contributed by atoms with Crippen LogP contribution in [0.3, 0.4) is 0 Å². The van der Waals surface area contributed by atoms with Crippen molar-refractivity contribution >= 4 is 23.5 Å². The highest BCUT2D eigenvalue weighted by molar-refractivity contribution is 6.30. The van der Waals surface area contributed by atoms with Crippen LogP contribution in [0.15, 0.2) is 66.7 Å². The molecule has 3 aromatic carbocycles. The van der Waals surface area contributed by atoms with Gasteiger partial charge in [-0.25, -0.2) is 4.39 Å². The van der Waals surface area contributed by atoms with Gasteiger partial charge in [-0.15, -0.1) is 0 Å². The molecule has 5 nitrogen and oxygen atoms in total. The first-order chi connectivity index (χ1) is 16.2. The van der Waals surface area contributed by atoms with E-state index in [1.54, 1.807) is 24.3 Å². The summed E-state index contributed by atoms with van der Waals surface area (Å²) < 4.78 is 20.0. The molecule has 0 radical (unpaired) electrons. The molecular weight excluding hydrogens is 457 g/mol. The van der Waals surface area contributed by atoms with Gasteiger partial charge in [-0.2, -0.15) is 0 Å². The molecule has 1 aliphatic heterocycles. The average molecular weight is 482 g/mol. The number of carbonyl (C=O) groups is 2. The van der Waals surface area contributed by atoms with E-state index in [1.165, 1.54) is 17.0 Å². The molecule has 176 valence electrons. The lowest BCUT2D eigenvalue weighted by atomic mass is 9.91. The zero-order valence-electron chi connectivity index (χ0n) is 18.8. The number of carboxylic acid groups (broad SMARTS) is 1. The van der Waals surface area contributed by atoms with Crippen LogP contribution in [0.1, 0.15) is 34.0 Å². The van der Waals surface area contributed by atoms with E-state index >= 15 is 0 Å². The van der Waals surface area contributed by atoms with Crippen molar-refractivity contribution in [1.29, 1.82) is 0 Å². The van der Waals surface area contributed by atoms with Gasteiger partial charge in [-0.1, -0.05) is 48.0 Å². The summed E-state index contributed by atoms with van der Waals surface area (Å²) in [5, 5.41) is 9.40. The van der Waals surface area contributed by atoms with Crippen molar-refractivity contribution in [3.05, 3.63) is 99.8 Å². The van der Waals surface area contributed by atoms with Crippen molar-refractivity contribution in [2.75, 3.05) is 13.1 Å². The number of nitrogens with zero attached hydrogens (tertiary/aromatic N) is 1. The number of hydrogen-bond donors (Lipinski definition) is 1. The molecule has 3 aromatic rings. The number of ether oxygens (including phenoxy) is 1. The Bertz CT molecular complexity index is 1220. The van der Waals surface area contributed by atoms with Crippen molar-refractivity contribution < 1.29 is 23.8 Å². The van der Waals surface area contributed by atoms with Crippen LogP contribution in [0.4, 0.5) is 4.39 Å². The van der Waals surface area contributed by atoms with Crippen LogP contribution in [0, 0.1) is 5.82 Å². The molecule has 4 rings (SSSR count). The maximum Gasteiger partial charge on any atom is 0.323 e. The minimum absolute atomic E-state index is 0.0749. The first-order valence-corrected chi connectivity index (χ1v) is 11.4. The molecule has 1 amide bonds. The summed E-state index contributed by atoms with van der Waals surface area (Å²) >= 11 is 5.79. The number of aliphatic carboxylic acids is 1. The zero-order valence-corrected chi connectivity index (χ0v) is 19.5. The minimum Gasteiger partial charge on any atom is -0.487 e. The lowest BCUT2D eigenvalue weighted by Crippen LogP contribution is -2.37. The molecule has 0 saturated carbocycles. The predicted molar refractivity (Wildman–Crippen MR) is 128 cm³/mol. The van der Waals surface area contributed by atoms with Crippen LogP contribution < -0.4 is 4.74 Å². The lowest BCUT2D eigenvalue weighted by Gasteiger charge is -2.24. The molecule has 7 heteroatoms. The van der Waals surface area contributed by atoms with Crippen molar-refractivity contribution in [2.45, 2.75) is 31.8 Å². The van der Waals surface area contributed by atoms with Gasteiger partial charge in [-0.3, -0.25) is 9.59 Å². The monoisotopic (exact) mass is 481 g/mol. The first-order valence-electron chi connectivity index (χ1n) is 11.0. The Morgan fingerprint density at radius 1 is 1.09 bits per heavy atom. The van der Waals surface area contributed by atoms with Gasteiger partial charge in [0.05, 0.1) is 5.02 Å². The van der Waals surface area contributed by atoms with E-state index in [0.717, 1.165) is 16.7 Å². The molecule has 0 aliphatic carbocycles. The molecule has 0 aromatic heterocycles. The van der Waals surface area contributed by atoms with Gasteiger partial charge in [0.15, 0.2) is 0 Å². The second-order valence-corrected chi connectivity index (χ2v) is 9.24. The van der Waals surface area contributed by atoms with Gasteiger partial charge in [0.1, 0.15) is 23.7 Å². The summed E-state index contributed by atoms with van der Waals surface area (Å²) in [5.74, 6) is -1.20. The molecular formula is C27H25ClFNO4. The fraction of sp³-hybridized carbons (Fsp3) is 0.259. The van der Waals surface area contributed by atoms with E-state index in [9.17, 15) is 19.1 Å². The van der Waals surface area contributed by atoms with E-state index in [-0.39, 0.29) is 17.5 Å². The Morgan fingerprint density at radius 3 is 2.56 bits per heavy atom. The summed E-state index contributed by atoms with van der Waals surface area (Å²) in [6.07, 6.45) is 1.57. The van der Waals surface area contributed by atoms with Crippen LogP contribution in [0.5, 0.6) is 5.75 Å². The molecule has 34 heavy (non-hydrogen) atoms. The second kappa shape index (κ2) is 9.85. The van der Waals surface area contributed by atoms with E-state index in [4.69, 9.17) is 16.3 Å². The predicted octanol–water partition coefficient (Wildman–Crippen LogP) is 5.18. The third-order valence-corrected chi connectivity index (χ3v) is 6.22. The SMILES string of the molecule is CC1(Cc2ccc(Cl)c(F)c2)Cc2cc(C(=O)N(CCc3ccccc3)CC(=O)O)ccc2O1. The third kappa shape index (κ3) is 5.57. The fourth-order valence-corrected chi connectivity index (χ4v) is 4.46. The summed E-state index contributed by atoms with van der Waals surface area (Å²) in [4.78, 5) is 25.9. The number of halogens is 2. The highest BCUT2D eigenvalue weighted by Gasteiger charge is 2.36. The molecule has 0 fully saturated rings. The molecule has 1 atom stereocenters. The maximum absolute atomic E-state index is 13.9.